The molecule has 0 unspecified atom stereocenters. The minimum Gasteiger partial charge on any atom is -0.223 e. The highest BCUT2D eigenvalue weighted by Gasteiger charge is 2.26. The molecule has 2 heterocycles. The van der Waals surface area contributed by atoms with E-state index in [2.05, 4.69) is 10.2 Å². The third kappa shape index (κ3) is 3.76. The van der Waals surface area contributed by atoms with Gasteiger partial charge in [-0.05, 0) is 24.6 Å². The Bertz CT molecular complexity index is 1210. The number of pyridine rings is 1. The molecule has 3 aromatic rings. The highest BCUT2D eigenvalue weighted by atomic mass is 32.3. The lowest BCUT2D eigenvalue weighted by molar-refractivity contribution is -0.609. The molecular weight excluding hydrogens is 408 g/mol. The molecule has 0 fully saturated rings. The molecule has 0 radical (unpaired) electrons. The predicted octanol–water partition coefficient (Wildman–Crippen LogP) is 1.22. The van der Waals surface area contributed by atoms with Gasteiger partial charge in [-0.2, -0.15) is 4.57 Å². The van der Waals surface area contributed by atoms with E-state index in [1.165, 1.54) is 12.1 Å². The lowest BCUT2D eigenvalue weighted by Gasteiger charge is -2.06. The standard InChI is InChI=1S/C16H17N4O4S3/c1-10-8-11(2)20(12(3)9-10)13-4-6-14(7-5-13)26(21,22)15-18-19-16(25-15)27(17,23)24/h4-9H,1-3H3,(H2,17,23,24)/q+1. The Balaban J connectivity index is 2.02. The topological polar surface area (TPSA) is 124 Å². The summed E-state index contributed by atoms with van der Waals surface area (Å²) in [5, 5.41) is 11.8. The van der Waals surface area contributed by atoms with Crippen molar-refractivity contribution in [1.29, 1.82) is 0 Å². The Hall–Kier alpha value is -2.21. The summed E-state index contributed by atoms with van der Waals surface area (Å²) in [5.41, 5.74) is 3.99. The van der Waals surface area contributed by atoms with Gasteiger partial charge >= 0.3 is 0 Å². The first-order valence-electron chi connectivity index (χ1n) is 7.72. The Morgan fingerprint density at radius 2 is 1.41 bits per heavy atom. The van der Waals surface area contributed by atoms with Crippen LogP contribution in [0.2, 0.25) is 0 Å². The maximum atomic E-state index is 12.7. The smallest absolute Gasteiger partial charge is 0.223 e. The van der Waals surface area contributed by atoms with Crippen LogP contribution in [-0.4, -0.2) is 27.0 Å². The molecule has 0 spiro atoms. The quantitative estimate of drug-likeness (QED) is 0.627. The minimum atomic E-state index is -4.10. The van der Waals surface area contributed by atoms with Gasteiger partial charge in [0.2, 0.25) is 24.2 Å². The van der Waals surface area contributed by atoms with Crippen molar-refractivity contribution in [3.63, 3.8) is 0 Å². The van der Waals surface area contributed by atoms with Crippen LogP contribution in [0.25, 0.3) is 5.69 Å². The number of sulfone groups is 1. The van der Waals surface area contributed by atoms with Crippen LogP contribution in [0.15, 0.2) is 50.0 Å². The molecule has 8 nitrogen and oxygen atoms in total. The fourth-order valence-corrected chi connectivity index (χ4v) is 5.95. The van der Waals surface area contributed by atoms with Gasteiger partial charge in [0.05, 0.1) is 4.90 Å². The van der Waals surface area contributed by atoms with E-state index in [0.717, 1.165) is 22.6 Å². The fraction of sp³-hybridized carbons (Fsp3) is 0.188. The van der Waals surface area contributed by atoms with Crippen LogP contribution in [0.4, 0.5) is 0 Å². The van der Waals surface area contributed by atoms with Crippen LogP contribution in [0, 0.1) is 20.8 Å². The van der Waals surface area contributed by atoms with Crippen molar-refractivity contribution in [3.05, 3.63) is 53.3 Å². The minimum absolute atomic E-state index is 0.00797. The van der Waals surface area contributed by atoms with E-state index in [0.29, 0.717) is 11.3 Å². The number of sulfonamides is 1. The molecule has 0 aliphatic heterocycles. The number of benzene rings is 1. The molecule has 0 saturated carbocycles. The lowest BCUT2D eigenvalue weighted by Crippen LogP contribution is -2.37. The van der Waals surface area contributed by atoms with Gasteiger partial charge in [-0.15, -0.1) is 10.2 Å². The summed E-state index contributed by atoms with van der Waals surface area (Å²) in [4.78, 5) is -0.00797. The molecule has 0 atom stereocenters. The van der Waals surface area contributed by atoms with Crippen molar-refractivity contribution in [2.75, 3.05) is 0 Å². The maximum Gasteiger partial charge on any atom is 0.267 e. The number of nitrogens with zero attached hydrogens (tertiary/aromatic N) is 3. The van der Waals surface area contributed by atoms with Crippen molar-refractivity contribution in [2.24, 2.45) is 5.14 Å². The zero-order valence-corrected chi connectivity index (χ0v) is 17.2. The van der Waals surface area contributed by atoms with Gasteiger partial charge in [0.25, 0.3) is 10.0 Å². The third-order valence-corrected chi connectivity index (χ3v) is 8.22. The molecule has 27 heavy (non-hydrogen) atoms. The second-order valence-electron chi connectivity index (χ2n) is 6.03. The fourth-order valence-electron chi connectivity index (χ4n) is 2.81. The molecule has 2 N–H and O–H groups in total. The molecule has 0 amide bonds. The second-order valence-corrected chi connectivity index (χ2v) is 10.9. The second kappa shape index (κ2) is 6.75. The van der Waals surface area contributed by atoms with Crippen molar-refractivity contribution >= 4 is 31.2 Å². The zero-order valence-electron chi connectivity index (χ0n) is 14.7. The average Bonchev–Trinajstić information content (AvgIpc) is 3.05. The van der Waals surface area contributed by atoms with Crippen LogP contribution in [0.1, 0.15) is 17.0 Å². The van der Waals surface area contributed by atoms with Gasteiger partial charge in [0.1, 0.15) is 0 Å². The van der Waals surface area contributed by atoms with Gasteiger partial charge in [-0.1, -0.05) is 11.3 Å². The van der Waals surface area contributed by atoms with E-state index < -0.39 is 28.5 Å². The molecule has 3 rings (SSSR count). The first kappa shape index (κ1) is 19.5. The highest BCUT2D eigenvalue weighted by molar-refractivity contribution is 7.95. The molecule has 0 aliphatic carbocycles. The van der Waals surface area contributed by atoms with E-state index in [1.54, 1.807) is 12.1 Å². The summed E-state index contributed by atoms with van der Waals surface area (Å²) >= 11 is 0.420. The Labute approximate surface area is 161 Å². The van der Waals surface area contributed by atoms with Crippen LogP contribution >= 0.6 is 11.3 Å². The number of aryl methyl sites for hydroxylation is 3. The number of hydrogen-bond acceptors (Lipinski definition) is 7. The number of aromatic nitrogens is 3. The summed E-state index contributed by atoms with van der Waals surface area (Å²) in [6.07, 6.45) is 0. The monoisotopic (exact) mass is 425 g/mol. The van der Waals surface area contributed by atoms with Crippen LogP contribution in [0.5, 0.6) is 0 Å². The van der Waals surface area contributed by atoms with Gasteiger partial charge in [-0.3, -0.25) is 0 Å². The molecule has 11 heteroatoms. The Morgan fingerprint density at radius 1 is 0.889 bits per heavy atom. The summed E-state index contributed by atoms with van der Waals surface area (Å²) in [6.45, 7) is 5.96. The van der Waals surface area contributed by atoms with Crippen molar-refractivity contribution in [2.45, 2.75) is 34.3 Å². The summed E-state index contributed by atoms with van der Waals surface area (Å²) < 4.78 is 48.9. The van der Waals surface area contributed by atoms with E-state index in [9.17, 15) is 16.8 Å². The van der Waals surface area contributed by atoms with Crippen molar-refractivity contribution < 1.29 is 21.4 Å². The first-order chi connectivity index (χ1) is 12.5. The number of rotatable bonds is 4. The molecule has 1 aromatic carbocycles. The van der Waals surface area contributed by atoms with E-state index in [1.807, 2.05) is 37.5 Å². The first-order valence-corrected chi connectivity index (χ1v) is 11.6. The van der Waals surface area contributed by atoms with Gasteiger partial charge < -0.3 is 0 Å². The van der Waals surface area contributed by atoms with E-state index in [4.69, 9.17) is 5.14 Å². The number of primary sulfonamides is 1. The molecule has 0 bridgehead atoms. The molecule has 2 aromatic heterocycles. The molecule has 0 aliphatic rings. The molecule has 0 saturated heterocycles. The SMILES string of the molecule is Cc1cc(C)[n+](-c2ccc(S(=O)(=O)c3nnc(S(N)(=O)=O)s3)cc2)c(C)c1. The summed E-state index contributed by atoms with van der Waals surface area (Å²) in [5.74, 6) is 0. The van der Waals surface area contributed by atoms with Crippen LogP contribution < -0.4 is 9.71 Å². The predicted molar refractivity (Wildman–Crippen MR) is 98.9 cm³/mol. The van der Waals surface area contributed by atoms with Gasteiger partial charge in [0.15, 0.2) is 11.4 Å². The van der Waals surface area contributed by atoms with E-state index >= 15 is 0 Å². The number of hydrogen-bond donors (Lipinski definition) is 1. The van der Waals surface area contributed by atoms with Crippen molar-refractivity contribution in [1.82, 2.24) is 10.2 Å². The third-order valence-electron chi connectivity index (χ3n) is 3.84. The normalized spacial score (nSPS) is 12.3. The van der Waals surface area contributed by atoms with Crippen LogP contribution in [0.3, 0.4) is 0 Å². The summed E-state index contributed by atoms with van der Waals surface area (Å²) in [7, 11) is -8.09. The van der Waals surface area contributed by atoms with E-state index in [-0.39, 0.29) is 4.90 Å². The molecule has 142 valence electrons. The van der Waals surface area contributed by atoms with Crippen molar-refractivity contribution in [3.8, 4) is 5.69 Å². The lowest BCUT2D eigenvalue weighted by atomic mass is 10.2. The highest BCUT2D eigenvalue weighted by Crippen LogP contribution is 2.25. The van der Waals surface area contributed by atoms with Crippen LogP contribution in [-0.2, 0) is 19.9 Å². The largest absolute Gasteiger partial charge is 0.267 e. The van der Waals surface area contributed by atoms with Gasteiger partial charge in [-0.25, -0.2) is 22.0 Å². The maximum absolute atomic E-state index is 12.7. The zero-order chi connectivity index (χ0) is 20.0. The Morgan fingerprint density at radius 3 is 1.89 bits per heavy atom. The Kier molecular flexibility index (Phi) is 4.89. The number of nitrogens with two attached hydrogens (primary N) is 1. The average molecular weight is 426 g/mol. The summed E-state index contributed by atoms with van der Waals surface area (Å²) in [6, 6.07) is 10.3. The molecular formula is C16H17N4O4S3+. The van der Waals surface area contributed by atoms with Gasteiger partial charge in [0, 0.05) is 38.1 Å².